The average molecular weight is 421 g/mol. The van der Waals surface area contributed by atoms with Crippen LogP contribution in [0.15, 0.2) is 24.3 Å². The Labute approximate surface area is 174 Å². The summed E-state index contributed by atoms with van der Waals surface area (Å²) in [6.07, 6.45) is 0. The summed E-state index contributed by atoms with van der Waals surface area (Å²) in [6.45, 7) is 5.85. The number of nitrogens with zero attached hydrogens (tertiary/aromatic N) is 3. The van der Waals surface area contributed by atoms with Gasteiger partial charge in [0.1, 0.15) is 11.6 Å². The number of methoxy groups -OCH3 is 1. The van der Waals surface area contributed by atoms with Crippen LogP contribution in [0, 0.1) is 6.92 Å². The Morgan fingerprint density at radius 2 is 2.03 bits per heavy atom. The number of nitrogens with one attached hydrogen (secondary N) is 3. The van der Waals surface area contributed by atoms with Crippen molar-refractivity contribution < 1.29 is 14.3 Å². The van der Waals surface area contributed by atoms with E-state index in [2.05, 4.69) is 30.8 Å². The smallest absolute Gasteiger partial charge is 0.319 e. The average Bonchev–Trinajstić information content (AvgIpc) is 2.72. The molecule has 2 amide bonds. The van der Waals surface area contributed by atoms with Crippen LogP contribution in [0.1, 0.15) is 5.69 Å². The summed E-state index contributed by atoms with van der Waals surface area (Å²) < 4.78 is 10.5. The van der Waals surface area contributed by atoms with Gasteiger partial charge in [0.05, 0.1) is 25.3 Å². The van der Waals surface area contributed by atoms with Gasteiger partial charge >= 0.3 is 6.03 Å². The second-order valence-corrected chi connectivity index (χ2v) is 6.85. The normalized spacial score (nSPS) is 13.7. The van der Waals surface area contributed by atoms with Gasteiger partial charge in [-0.3, -0.25) is 0 Å². The number of hydrogen-bond acceptors (Lipinski definition) is 7. The van der Waals surface area contributed by atoms with Gasteiger partial charge in [-0.25, -0.2) is 9.78 Å². The third-order valence-electron chi connectivity index (χ3n) is 4.28. The first-order valence-corrected chi connectivity index (χ1v) is 9.73. The van der Waals surface area contributed by atoms with Crippen LogP contribution in [0.25, 0.3) is 0 Å². The van der Waals surface area contributed by atoms with Crippen molar-refractivity contribution in [3.63, 3.8) is 0 Å². The third kappa shape index (κ3) is 6.10. The molecule has 1 aliphatic rings. The van der Waals surface area contributed by atoms with E-state index in [-0.39, 0.29) is 6.03 Å². The molecule has 2 aromatic rings. The summed E-state index contributed by atoms with van der Waals surface area (Å²) in [6, 6.07) is 6.68. The van der Waals surface area contributed by atoms with E-state index in [0.29, 0.717) is 48.7 Å². The number of benzene rings is 1. The Bertz CT molecular complexity index is 845. The van der Waals surface area contributed by atoms with Crippen molar-refractivity contribution in [2.45, 2.75) is 6.92 Å². The van der Waals surface area contributed by atoms with Crippen molar-refractivity contribution >= 4 is 35.1 Å². The molecule has 1 aliphatic heterocycles. The molecule has 9 nitrogen and oxygen atoms in total. The lowest BCUT2D eigenvalue weighted by Gasteiger charge is -2.28. The molecule has 0 spiro atoms. The molecule has 156 valence electrons. The standard InChI is InChI=1S/C19H25ClN6O3/c1-13-11-17(26-7-9-29-10-8-26)25-18(23-13)21-5-6-22-19(27)24-14-3-4-16(28-2)15(20)12-14/h3-4,11-12H,5-10H2,1-2H3,(H,21,23,25)(H2,22,24,27). The number of aryl methyl sites for hydroxylation is 1. The molecule has 0 unspecified atom stereocenters. The van der Waals surface area contributed by atoms with Crippen LogP contribution in [-0.2, 0) is 4.74 Å². The minimum Gasteiger partial charge on any atom is -0.495 e. The maximum Gasteiger partial charge on any atom is 0.319 e. The Morgan fingerprint density at radius 3 is 2.76 bits per heavy atom. The second kappa shape index (κ2) is 10.1. The number of morpholine rings is 1. The number of hydrogen-bond donors (Lipinski definition) is 3. The van der Waals surface area contributed by atoms with Gasteiger partial charge in [-0.15, -0.1) is 0 Å². The van der Waals surface area contributed by atoms with Gasteiger partial charge in [-0.05, 0) is 25.1 Å². The number of rotatable bonds is 7. The van der Waals surface area contributed by atoms with Crippen molar-refractivity contribution in [2.75, 3.05) is 62.0 Å². The highest BCUT2D eigenvalue weighted by Crippen LogP contribution is 2.27. The third-order valence-corrected chi connectivity index (χ3v) is 4.57. The molecule has 0 saturated carbocycles. The van der Waals surface area contributed by atoms with Crippen molar-refractivity contribution in [1.29, 1.82) is 0 Å². The number of aromatic nitrogens is 2. The maximum atomic E-state index is 12.0. The molecule has 0 bridgehead atoms. The van der Waals surface area contributed by atoms with Gasteiger partial charge in [0.25, 0.3) is 0 Å². The highest BCUT2D eigenvalue weighted by atomic mass is 35.5. The molecule has 10 heteroatoms. The first-order chi connectivity index (χ1) is 14.0. The first-order valence-electron chi connectivity index (χ1n) is 9.36. The number of urea groups is 1. The summed E-state index contributed by atoms with van der Waals surface area (Å²) in [5.74, 6) is 1.97. The van der Waals surface area contributed by atoms with Crippen LogP contribution in [0.2, 0.25) is 5.02 Å². The number of amides is 2. The molecule has 3 N–H and O–H groups in total. The summed E-state index contributed by atoms with van der Waals surface area (Å²) in [5, 5.41) is 9.08. The predicted molar refractivity (Wildman–Crippen MR) is 113 cm³/mol. The molecular weight excluding hydrogens is 396 g/mol. The maximum absolute atomic E-state index is 12.0. The van der Waals surface area contributed by atoms with E-state index in [1.165, 1.54) is 7.11 Å². The van der Waals surface area contributed by atoms with E-state index in [9.17, 15) is 4.79 Å². The van der Waals surface area contributed by atoms with Crippen LogP contribution >= 0.6 is 11.6 Å². The number of anilines is 3. The van der Waals surface area contributed by atoms with Gasteiger partial charge in [-0.1, -0.05) is 11.6 Å². The molecule has 2 heterocycles. The number of carbonyl (C=O) groups excluding carboxylic acids is 1. The van der Waals surface area contributed by atoms with Crippen LogP contribution in [0.3, 0.4) is 0 Å². The molecule has 1 saturated heterocycles. The highest BCUT2D eigenvalue weighted by molar-refractivity contribution is 6.32. The summed E-state index contributed by atoms with van der Waals surface area (Å²) >= 11 is 6.06. The Hall–Kier alpha value is -2.78. The topological polar surface area (TPSA) is 101 Å². The quantitative estimate of drug-likeness (QED) is 0.591. The van der Waals surface area contributed by atoms with Crippen LogP contribution in [0.4, 0.5) is 22.2 Å². The molecular formula is C19H25ClN6O3. The zero-order chi connectivity index (χ0) is 20.6. The lowest BCUT2D eigenvalue weighted by Crippen LogP contribution is -2.37. The van der Waals surface area contributed by atoms with E-state index < -0.39 is 0 Å². The zero-order valence-electron chi connectivity index (χ0n) is 16.5. The second-order valence-electron chi connectivity index (χ2n) is 6.45. The van der Waals surface area contributed by atoms with E-state index in [4.69, 9.17) is 21.1 Å². The Kier molecular flexibility index (Phi) is 7.31. The van der Waals surface area contributed by atoms with E-state index in [1.807, 2.05) is 13.0 Å². The minimum atomic E-state index is -0.327. The Balaban J connectivity index is 1.45. The fraction of sp³-hybridized carbons (Fsp3) is 0.421. The first kappa shape index (κ1) is 20.9. The van der Waals surface area contributed by atoms with Gasteiger partial charge < -0.3 is 30.3 Å². The van der Waals surface area contributed by atoms with Crippen molar-refractivity contribution in [3.8, 4) is 5.75 Å². The summed E-state index contributed by atoms with van der Waals surface area (Å²) in [7, 11) is 1.54. The highest BCUT2D eigenvalue weighted by Gasteiger charge is 2.14. The zero-order valence-corrected chi connectivity index (χ0v) is 17.3. The molecule has 0 radical (unpaired) electrons. The lowest BCUT2D eigenvalue weighted by molar-refractivity contribution is 0.122. The van der Waals surface area contributed by atoms with Crippen LogP contribution in [0.5, 0.6) is 5.75 Å². The van der Waals surface area contributed by atoms with E-state index in [0.717, 1.165) is 24.6 Å². The minimum absolute atomic E-state index is 0.327. The predicted octanol–water partition coefficient (Wildman–Crippen LogP) is 2.52. The molecule has 1 fully saturated rings. The molecule has 1 aromatic heterocycles. The lowest BCUT2D eigenvalue weighted by atomic mass is 10.3. The molecule has 0 aliphatic carbocycles. The fourth-order valence-electron chi connectivity index (χ4n) is 2.86. The van der Waals surface area contributed by atoms with Crippen molar-refractivity contribution in [1.82, 2.24) is 15.3 Å². The molecule has 0 atom stereocenters. The van der Waals surface area contributed by atoms with Crippen LogP contribution in [-0.4, -0.2) is 62.5 Å². The van der Waals surface area contributed by atoms with Crippen LogP contribution < -0.4 is 25.6 Å². The van der Waals surface area contributed by atoms with Gasteiger partial charge in [0.15, 0.2) is 0 Å². The van der Waals surface area contributed by atoms with Crippen molar-refractivity contribution in [3.05, 3.63) is 35.0 Å². The number of halogens is 1. The van der Waals surface area contributed by atoms with Gasteiger partial charge in [-0.2, -0.15) is 4.98 Å². The van der Waals surface area contributed by atoms with Gasteiger partial charge in [0, 0.05) is 43.6 Å². The van der Waals surface area contributed by atoms with E-state index in [1.54, 1.807) is 18.2 Å². The largest absolute Gasteiger partial charge is 0.495 e. The number of carbonyl (C=O) groups is 1. The fourth-order valence-corrected chi connectivity index (χ4v) is 3.11. The molecule has 29 heavy (non-hydrogen) atoms. The summed E-state index contributed by atoms with van der Waals surface area (Å²) in [5.41, 5.74) is 1.46. The molecule has 1 aromatic carbocycles. The monoisotopic (exact) mass is 420 g/mol. The summed E-state index contributed by atoms with van der Waals surface area (Å²) in [4.78, 5) is 23.2. The van der Waals surface area contributed by atoms with Crippen molar-refractivity contribution in [2.24, 2.45) is 0 Å². The number of ether oxygens (including phenoxy) is 2. The SMILES string of the molecule is COc1ccc(NC(=O)NCCNc2nc(C)cc(N3CCOCC3)n2)cc1Cl. The van der Waals surface area contributed by atoms with Gasteiger partial charge in [0.2, 0.25) is 5.95 Å². The van der Waals surface area contributed by atoms with E-state index >= 15 is 0 Å². The Morgan fingerprint density at radius 1 is 1.24 bits per heavy atom. The molecule has 3 rings (SSSR count).